The zero-order chi connectivity index (χ0) is 10.3. The molecule has 2 atom stereocenters. The minimum Gasteiger partial charge on any atom is -0.327 e. The maximum Gasteiger partial charge on any atom is 0.433 e. The Morgan fingerprint density at radius 1 is 1.36 bits per heavy atom. The molecule has 5 heteroatoms. The fourth-order valence-electron chi connectivity index (χ4n) is 1.39. The maximum atomic E-state index is 12.1. The summed E-state index contributed by atoms with van der Waals surface area (Å²) in [5.41, 5.74) is 5.52. The van der Waals surface area contributed by atoms with Crippen LogP contribution in [-0.4, -0.2) is 11.0 Å². The van der Waals surface area contributed by atoms with Gasteiger partial charge in [-0.2, -0.15) is 13.2 Å². The molecule has 1 aromatic heterocycles. The van der Waals surface area contributed by atoms with Crippen molar-refractivity contribution >= 4 is 0 Å². The van der Waals surface area contributed by atoms with Gasteiger partial charge in [0.05, 0.1) is 0 Å². The third-order valence-corrected chi connectivity index (χ3v) is 2.34. The van der Waals surface area contributed by atoms with E-state index in [9.17, 15) is 13.2 Å². The number of pyridine rings is 1. The van der Waals surface area contributed by atoms with E-state index in [1.165, 1.54) is 12.3 Å². The molecular formula is C9H9F3N2. The quantitative estimate of drug-likeness (QED) is 0.755. The van der Waals surface area contributed by atoms with Crippen LogP contribution in [0.3, 0.4) is 0 Å². The number of nitrogens with zero attached hydrogens (tertiary/aromatic N) is 1. The number of hydrogen-bond donors (Lipinski definition) is 1. The van der Waals surface area contributed by atoms with Crippen molar-refractivity contribution in [2.24, 2.45) is 5.73 Å². The lowest BCUT2D eigenvalue weighted by molar-refractivity contribution is -0.141. The van der Waals surface area contributed by atoms with Crippen LogP contribution in [0.5, 0.6) is 0 Å². The van der Waals surface area contributed by atoms with Gasteiger partial charge >= 0.3 is 6.18 Å². The molecule has 0 bridgehead atoms. The summed E-state index contributed by atoms with van der Waals surface area (Å²) in [6.07, 6.45) is -2.25. The molecule has 2 unspecified atom stereocenters. The monoisotopic (exact) mass is 202 g/mol. The standard InChI is InChI=1S/C9H9F3N2/c10-9(11,12)8-2-1-5(4-14-8)6-3-7(6)13/h1-2,4,6-7H,3,13H2. The number of hydrogen-bond acceptors (Lipinski definition) is 2. The van der Waals surface area contributed by atoms with E-state index in [2.05, 4.69) is 4.98 Å². The minimum absolute atomic E-state index is 0.0912. The first-order chi connectivity index (χ1) is 6.48. The van der Waals surface area contributed by atoms with Crippen molar-refractivity contribution < 1.29 is 13.2 Å². The highest BCUT2D eigenvalue weighted by molar-refractivity contribution is 5.26. The zero-order valence-electron chi connectivity index (χ0n) is 7.25. The molecule has 1 aliphatic carbocycles. The van der Waals surface area contributed by atoms with Gasteiger partial charge in [-0.25, -0.2) is 0 Å². The molecule has 0 spiro atoms. The van der Waals surface area contributed by atoms with E-state index < -0.39 is 11.9 Å². The third kappa shape index (κ3) is 1.72. The maximum absolute atomic E-state index is 12.1. The van der Waals surface area contributed by atoms with Gasteiger partial charge in [-0.15, -0.1) is 0 Å². The van der Waals surface area contributed by atoms with Crippen LogP contribution in [-0.2, 0) is 6.18 Å². The summed E-state index contributed by atoms with van der Waals surface area (Å²) in [6.45, 7) is 0. The van der Waals surface area contributed by atoms with Crippen LogP contribution in [0, 0.1) is 0 Å². The molecule has 1 saturated carbocycles. The Balaban J connectivity index is 2.18. The predicted molar refractivity (Wildman–Crippen MR) is 44.6 cm³/mol. The summed E-state index contributed by atoms with van der Waals surface area (Å²) in [5.74, 6) is 0.199. The van der Waals surface area contributed by atoms with Crippen LogP contribution in [0.25, 0.3) is 0 Å². The summed E-state index contributed by atoms with van der Waals surface area (Å²) in [7, 11) is 0. The van der Waals surface area contributed by atoms with Crippen molar-refractivity contribution in [2.45, 2.75) is 24.6 Å². The number of alkyl halides is 3. The summed E-state index contributed by atoms with van der Waals surface area (Å²) in [6, 6.07) is 2.54. The molecule has 14 heavy (non-hydrogen) atoms. The predicted octanol–water partition coefficient (Wildman–Crippen LogP) is 1.91. The molecule has 0 radical (unpaired) electrons. The van der Waals surface area contributed by atoms with Crippen molar-refractivity contribution in [3.8, 4) is 0 Å². The van der Waals surface area contributed by atoms with Gasteiger partial charge in [0.2, 0.25) is 0 Å². The molecule has 2 rings (SSSR count). The summed E-state index contributed by atoms with van der Waals surface area (Å²) >= 11 is 0. The summed E-state index contributed by atoms with van der Waals surface area (Å²) in [5, 5.41) is 0. The van der Waals surface area contributed by atoms with Crippen molar-refractivity contribution in [1.82, 2.24) is 4.98 Å². The lowest BCUT2D eigenvalue weighted by Gasteiger charge is -2.05. The van der Waals surface area contributed by atoms with Crippen molar-refractivity contribution in [1.29, 1.82) is 0 Å². The lowest BCUT2D eigenvalue weighted by Crippen LogP contribution is -2.08. The van der Waals surface area contributed by atoms with Gasteiger partial charge in [0.25, 0.3) is 0 Å². The third-order valence-electron chi connectivity index (χ3n) is 2.34. The average Bonchev–Trinajstić information content (AvgIpc) is 2.81. The normalized spacial score (nSPS) is 26.3. The highest BCUT2D eigenvalue weighted by Gasteiger charge is 2.36. The van der Waals surface area contributed by atoms with E-state index in [0.717, 1.165) is 18.1 Å². The van der Waals surface area contributed by atoms with Gasteiger partial charge in [0, 0.05) is 18.2 Å². The van der Waals surface area contributed by atoms with E-state index in [0.29, 0.717) is 0 Å². The minimum atomic E-state index is -4.36. The molecule has 76 valence electrons. The first-order valence-electron chi connectivity index (χ1n) is 4.27. The van der Waals surface area contributed by atoms with Gasteiger partial charge in [0.1, 0.15) is 5.69 Å². The van der Waals surface area contributed by atoms with E-state index in [1.807, 2.05) is 0 Å². The Morgan fingerprint density at radius 2 is 2.00 bits per heavy atom. The SMILES string of the molecule is NC1CC1c1ccc(C(F)(F)F)nc1. The van der Waals surface area contributed by atoms with Gasteiger partial charge in [-0.05, 0) is 18.1 Å². The van der Waals surface area contributed by atoms with Crippen molar-refractivity contribution in [3.63, 3.8) is 0 Å². The number of aromatic nitrogens is 1. The Morgan fingerprint density at radius 3 is 2.36 bits per heavy atom. The smallest absolute Gasteiger partial charge is 0.327 e. The highest BCUT2D eigenvalue weighted by Crippen LogP contribution is 2.39. The molecule has 1 fully saturated rings. The number of halogens is 3. The van der Waals surface area contributed by atoms with Gasteiger partial charge in [-0.1, -0.05) is 6.07 Å². The van der Waals surface area contributed by atoms with Crippen molar-refractivity contribution in [3.05, 3.63) is 29.6 Å². The Hall–Kier alpha value is -1.10. The van der Waals surface area contributed by atoms with Gasteiger partial charge in [-0.3, -0.25) is 4.98 Å². The average molecular weight is 202 g/mol. The Kier molecular flexibility index (Phi) is 1.99. The largest absolute Gasteiger partial charge is 0.433 e. The van der Waals surface area contributed by atoms with Crippen LogP contribution in [0.4, 0.5) is 13.2 Å². The second kappa shape index (κ2) is 2.95. The molecule has 0 aliphatic heterocycles. The molecular weight excluding hydrogens is 193 g/mol. The molecule has 1 aromatic rings. The van der Waals surface area contributed by atoms with E-state index >= 15 is 0 Å². The molecule has 0 saturated heterocycles. The molecule has 1 heterocycles. The van der Waals surface area contributed by atoms with Crippen LogP contribution in [0.2, 0.25) is 0 Å². The molecule has 0 aromatic carbocycles. The number of rotatable bonds is 1. The molecule has 0 amide bonds. The lowest BCUT2D eigenvalue weighted by atomic mass is 10.1. The second-order valence-corrected chi connectivity index (χ2v) is 3.48. The van der Waals surface area contributed by atoms with Crippen molar-refractivity contribution in [2.75, 3.05) is 0 Å². The zero-order valence-corrected chi connectivity index (χ0v) is 7.25. The Labute approximate surface area is 78.9 Å². The fourth-order valence-corrected chi connectivity index (χ4v) is 1.39. The first kappa shape index (κ1) is 9.45. The fraction of sp³-hybridized carbons (Fsp3) is 0.444. The highest BCUT2D eigenvalue weighted by atomic mass is 19.4. The molecule has 2 nitrogen and oxygen atoms in total. The van der Waals surface area contributed by atoms with E-state index in [4.69, 9.17) is 5.73 Å². The van der Waals surface area contributed by atoms with Crippen LogP contribution >= 0.6 is 0 Å². The topological polar surface area (TPSA) is 38.9 Å². The van der Waals surface area contributed by atoms with E-state index in [-0.39, 0.29) is 12.0 Å². The molecule has 2 N–H and O–H groups in total. The summed E-state index contributed by atoms with van der Waals surface area (Å²) in [4.78, 5) is 3.37. The van der Waals surface area contributed by atoms with Gasteiger partial charge in [0.15, 0.2) is 0 Å². The van der Waals surface area contributed by atoms with Crippen LogP contribution in [0.1, 0.15) is 23.6 Å². The Bertz CT molecular complexity index is 331. The van der Waals surface area contributed by atoms with Gasteiger partial charge < -0.3 is 5.73 Å². The second-order valence-electron chi connectivity index (χ2n) is 3.48. The first-order valence-corrected chi connectivity index (χ1v) is 4.27. The molecule has 1 aliphatic rings. The van der Waals surface area contributed by atoms with E-state index in [1.54, 1.807) is 0 Å². The van der Waals surface area contributed by atoms with Crippen LogP contribution < -0.4 is 5.73 Å². The number of nitrogens with two attached hydrogens (primary N) is 1. The summed E-state index contributed by atoms with van der Waals surface area (Å²) < 4.78 is 36.4. The van der Waals surface area contributed by atoms with Crippen LogP contribution in [0.15, 0.2) is 18.3 Å².